The topological polar surface area (TPSA) is 114 Å². The van der Waals surface area contributed by atoms with Crippen LogP contribution in [-0.4, -0.2) is 9.97 Å². The quantitative estimate of drug-likeness (QED) is 0.274. The van der Waals surface area contributed by atoms with Gasteiger partial charge < -0.3 is 21.2 Å². The fraction of sp³-hybridized carbons (Fsp3) is 0.0345. The van der Waals surface area contributed by atoms with Gasteiger partial charge in [0.1, 0.15) is 23.2 Å². The minimum atomic E-state index is -0.293. The molecule has 2 aromatic heterocycles. The van der Waals surface area contributed by atoms with Crippen molar-refractivity contribution in [2.24, 2.45) is 0 Å². The third-order valence-electron chi connectivity index (χ3n) is 6.97. The summed E-state index contributed by atoms with van der Waals surface area (Å²) in [7, 11) is 0. The molecule has 35 heavy (non-hydrogen) atoms. The Bertz CT molecular complexity index is 1870. The largest absolute Gasteiger partial charge is 0.437 e. The van der Waals surface area contributed by atoms with Crippen molar-refractivity contribution in [3.05, 3.63) is 101 Å². The van der Waals surface area contributed by atoms with Crippen molar-refractivity contribution in [2.75, 3.05) is 11.5 Å². The second-order valence-electron chi connectivity index (χ2n) is 8.80. The van der Waals surface area contributed by atoms with Gasteiger partial charge in [0, 0.05) is 22.4 Å². The van der Waals surface area contributed by atoms with Crippen molar-refractivity contribution in [3.8, 4) is 17.7 Å². The van der Waals surface area contributed by atoms with Gasteiger partial charge in [-0.1, -0.05) is 66.7 Å². The zero-order valence-corrected chi connectivity index (χ0v) is 18.5. The molecule has 1 unspecified atom stereocenters. The summed E-state index contributed by atoms with van der Waals surface area (Å²) in [5.74, 6) is 0.830. The van der Waals surface area contributed by atoms with Crippen LogP contribution >= 0.6 is 0 Å². The van der Waals surface area contributed by atoms with Gasteiger partial charge in [-0.2, -0.15) is 10.2 Å². The number of ether oxygens (including phenoxy) is 1. The molecule has 0 bridgehead atoms. The number of nitriles is 1. The number of nitrogens with zero attached hydrogens (tertiary/aromatic N) is 2. The molecule has 5 N–H and O–H groups in total. The number of anilines is 2. The van der Waals surface area contributed by atoms with Gasteiger partial charge in [-0.15, -0.1) is 0 Å². The standard InChI is InChI=1S/C29H19N5O/c30-14-20-26(31)25-23(17-10-5-7-15-6-1-2-8-16(15)17)19-12-13-22-24(18-9-3-4-11-21(18)33-22)27(19)35-29(25)34-28(20)32/h1-13,23,33H,(H4,31,32,34). The number of hydrogen-bond acceptors (Lipinski definition) is 5. The van der Waals surface area contributed by atoms with E-state index in [0.29, 0.717) is 17.1 Å². The van der Waals surface area contributed by atoms with E-state index < -0.39 is 0 Å². The molecule has 0 saturated carbocycles. The number of nitrogens with two attached hydrogens (primary N) is 2. The molecule has 6 heteroatoms. The number of benzene rings is 4. The summed E-state index contributed by atoms with van der Waals surface area (Å²) in [5.41, 5.74) is 17.9. The minimum Gasteiger partial charge on any atom is -0.437 e. The van der Waals surface area contributed by atoms with Crippen LogP contribution in [0.5, 0.6) is 11.6 Å². The van der Waals surface area contributed by atoms with E-state index in [1.54, 1.807) is 0 Å². The monoisotopic (exact) mass is 453 g/mol. The van der Waals surface area contributed by atoms with Crippen LogP contribution in [0.1, 0.15) is 28.2 Å². The van der Waals surface area contributed by atoms with Crippen molar-refractivity contribution in [2.45, 2.75) is 5.92 Å². The second-order valence-corrected chi connectivity index (χ2v) is 8.80. The van der Waals surface area contributed by atoms with Crippen molar-refractivity contribution in [3.63, 3.8) is 0 Å². The second kappa shape index (κ2) is 6.99. The number of fused-ring (bicyclic) bond motifs is 7. The highest BCUT2D eigenvalue weighted by molar-refractivity contribution is 6.11. The van der Waals surface area contributed by atoms with E-state index in [0.717, 1.165) is 49.5 Å². The Morgan fingerprint density at radius 2 is 1.60 bits per heavy atom. The van der Waals surface area contributed by atoms with E-state index in [1.165, 1.54) is 0 Å². The molecule has 1 aliphatic rings. The Morgan fingerprint density at radius 3 is 2.46 bits per heavy atom. The normalized spacial score (nSPS) is 14.4. The lowest BCUT2D eigenvalue weighted by atomic mass is 9.79. The molecule has 7 rings (SSSR count). The van der Waals surface area contributed by atoms with Crippen LogP contribution in [0, 0.1) is 11.3 Å². The Morgan fingerprint density at radius 1 is 0.829 bits per heavy atom. The van der Waals surface area contributed by atoms with Crippen molar-refractivity contribution in [1.82, 2.24) is 9.97 Å². The summed E-state index contributed by atoms with van der Waals surface area (Å²) >= 11 is 0. The SMILES string of the molecule is N#Cc1c(N)nc2c(c1N)C(c1cccc3ccccc13)c1ccc3[nH]c4ccccc4c3c1O2. The van der Waals surface area contributed by atoms with Crippen LogP contribution in [0.25, 0.3) is 32.6 Å². The highest BCUT2D eigenvalue weighted by Gasteiger charge is 2.36. The van der Waals surface area contributed by atoms with E-state index in [4.69, 9.17) is 16.2 Å². The first-order valence-corrected chi connectivity index (χ1v) is 11.3. The molecule has 0 aliphatic carbocycles. The molecule has 4 aromatic carbocycles. The smallest absolute Gasteiger partial charge is 0.227 e. The summed E-state index contributed by atoms with van der Waals surface area (Å²) < 4.78 is 6.48. The number of hydrogen-bond donors (Lipinski definition) is 3. The first-order chi connectivity index (χ1) is 17.2. The van der Waals surface area contributed by atoms with Gasteiger partial charge >= 0.3 is 0 Å². The van der Waals surface area contributed by atoms with Gasteiger partial charge in [-0.25, -0.2) is 0 Å². The van der Waals surface area contributed by atoms with Crippen LogP contribution in [-0.2, 0) is 0 Å². The molecule has 3 heterocycles. The third kappa shape index (κ3) is 2.61. The van der Waals surface area contributed by atoms with Gasteiger partial charge in [-0.3, -0.25) is 0 Å². The first kappa shape index (κ1) is 19.4. The highest BCUT2D eigenvalue weighted by Crippen LogP contribution is 2.54. The maximum absolute atomic E-state index is 9.76. The Balaban J connectivity index is 1.64. The van der Waals surface area contributed by atoms with E-state index in [-0.39, 0.29) is 17.3 Å². The molecule has 0 fully saturated rings. The zero-order valence-electron chi connectivity index (χ0n) is 18.5. The van der Waals surface area contributed by atoms with Crippen LogP contribution < -0.4 is 16.2 Å². The van der Waals surface area contributed by atoms with Crippen molar-refractivity contribution >= 4 is 44.1 Å². The van der Waals surface area contributed by atoms with E-state index in [9.17, 15) is 5.26 Å². The van der Waals surface area contributed by atoms with Crippen molar-refractivity contribution < 1.29 is 4.74 Å². The average Bonchev–Trinajstić information content (AvgIpc) is 3.27. The molecule has 166 valence electrons. The van der Waals surface area contributed by atoms with Gasteiger partial charge in [0.15, 0.2) is 0 Å². The fourth-order valence-corrected chi connectivity index (χ4v) is 5.43. The van der Waals surface area contributed by atoms with Crippen LogP contribution in [0.15, 0.2) is 78.9 Å². The highest BCUT2D eigenvalue weighted by atomic mass is 16.5. The average molecular weight is 454 g/mol. The number of H-pyrrole nitrogens is 1. The Hall–Kier alpha value is -5.02. The summed E-state index contributed by atoms with van der Waals surface area (Å²) in [4.78, 5) is 8.00. The number of nitrogen functional groups attached to an aromatic ring is 2. The number of nitrogens with one attached hydrogen (secondary N) is 1. The zero-order chi connectivity index (χ0) is 23.7. The van der Waals surface area contributed by atoms with E-state index in [2.05, 4.69) is 58.5 Å². The summed E-state index contributed by atoms with van der Waals surface area (Å²) in [6, 6.07) is 28.9. The van der Waals surface area contributed by atoms with Crippen LogP contribution in [0.2, 0.25) is 0 Å². The molecule has 1 atom stereocenters. The number of aromatic amines is 1. The van der Waals surface area contributed by atoms with Crippen molar-refractivity contribution in [1.29, 1.82) is 5.26 Å². The maximum Gasteiger partial charge on any atom is 0.227 e. The summed E-state index contributed by atoms with van der Waals surface area (Å²) in [5, 5.41) is 14.0. The Kier molecular flexibility index (Phi) is 3.88. The van der Waals surface area contributed by atoms with Crippen LogP contribution in [0.4, 0.5) is 11.5 Å². The maximum atomic E-state index is 9.76. The number of rotatable bonds is 1. The molecule has 6 aromatic rings. The molecule has 6 nitrogen and oxygen atoms in total. The van der Waals surface area contributed by atoms with Gasteiger partial charge in [0.05, 0.1) is 22.2 Å². The molecular weight excluding hydrogens is 434 g/mol. The molecule has 0 spiro atoms. The Labute approximate surface area is 200 Å². The van der Waals surface area contributed by atoms with E-state index >= 15 is 0 Å². The number of pyridine rings is 1. The van der Waals surface area contributed by atoms with Crippen LogP contribution in [0.3, 0.4) is 0 Å². The number of aromatic nitrogens is 2. The third-order valence-corrected chi connectivity index (χ3v) is 6.97. The van der Waals surface area contributed by atoms with Gasteiger partial charge in [0.2, 0.25) is 5.88 Å². The predicted molar refractivity (Wildman–Crippen MR) is 139 cm³/mol. The summed E-state index contributed by atoms with van der Waals surface area (Å²) in [6.45, 7) is 0. The molecule has 1 aliphatic heterocycles. The molecule has 0 saturated heterocycles. The van der Waals surface area contributed by atoms with Gasteiger partial charge in [-0.05, 0) is 28.5 Å². The first-order valence-electron chi connectivity index (χ1n) is 11.3. The lowest BCUT2D eigenvalue weighted by molar-refractivity contribution is 0.441. The molecule has 0 amide bonds. The minimum absolute atomic E-state index is 0.0648. The molecule has 0 radical (unpaired) electrons. The van der Waals surface area contributed by atoms with E-state index in [1.807, 2.05) is 36.4 Å². The lowest BCUT2D eigenvalue weighted by Crippen LogP contribution is -2.17. The predicted octanol–water partition coefficient (Wildman–Crippen LogP) is 6.19. The number of para-hydroxylation sites is 1. The summed E-state index contributed by atoms with van der Waals surface area (Å²) in [6.07, 6.45) is 0. The fourth-order valence-electron chi connectivity index (χ4n) is 5.43. The molecular formula is C29H19N5O. The van der Waals surface area contributed by atoms with Gasteiger partial charge in [0.25, 0.3) is 0 Å². The lowest BCUT2D eigenvalue weighted by Gasteiger charge is -2.30.